The second kappa shape index (κ2) is 6.59. The van der Waals surface area contributed by atoms with Gasteiger partial charge in [-0.3, -0.25) is 4.79 Å². The van der Waals surface area contributed by atoms with E-state index in [1.807, 2.05) is 28.8 Å². The average molecular weight is 262 g/mol. The lowest BCUT2D eigenvalue weighted by molar-refractivity contribution is 0.583. The highest BCUT2D eigenvalue weighted by Gasteiger charge is 2.02. The van der Waals surface area contributed by atoms with Gasteiger partial charge in [0.2, 0.25) is 0 Å². The van der Waals surface area contributed by atoms with Gasteiger partial charge in [-0.25, -0.2) is 4.98 Å². The molecular weight excluding hydrogens is 244 g/mol. The zero-order valence-corrected chi connectivity index (χ0v) is 11.3. The molecule has 0 amide bonds. The van der Waals surface area contributed by atoms with E-state index in [0.717, 1.165) is 42.6 Å². The van der Waals surface area contributed by atoms with Crippen molar-refractivity contribution in [2.75, 3.05) is 5.75 Å². The molecule has 0 bridgehead atoms. The van der Waals surface area contributed by atoms with E-state index in [1.54, 1.807) is 0 Å². The van der Waals surface area contributed by atoms with Crippen molar-refractivity contribution in [3.63, 3.8) is 0 Å². The van der Waals surface area contributed by atoms with E-state index in [4.69, 9.17) is 0 Å². The molecule has 0 aliphatic carbocycles. The lowest BCUT2D eigenvalue weighted by Crippen LogP contribution is -2.20. The Morgan fingerprint density at radius 2 is 1.89 bits per heavy atom. The van der Waals surface area contributed by atoms with E-state index in [9.17, 15) is 4.79 Å². The smallest absolute Gasteiger partial charge is 0.269 e. The maximum Gasteiger partial charge on any atom is 0.269 e. The summed E-state index contributed by atoms with van der Waals surface area (Å²) in [5, 5.41) is 0. The number of hydrogen-bond donors (Lipinski definition) is 1. The summed E-state index contributed by atoms with van der Waals surface area (Å²) in [5.41, 5.74) is 1.80. The zero-order chi connectivity index (χ0) is 12.8. The first-order chi connectivity index (χ1) is 8.83. The summed E-state index contributed by atoms with van der Waals surface area (Å²) in [5.74, 6) is 0.943. The van der Waals surface area contributed by atoms with Gasteiger partial charge in [-0.15, -0.1) is 0 Å². The summed E-state index contributed by atoms with van der Waals surface area (Å²) in [7, 11) is 0. The Kier molecular flexibility index (Phi) is 4.81. The number of nitrogens with zero attached hydrogens (tertiary/aromatic N) is 2. The zero-order valence-electron chi connectivity index (χ0n) is 10.4. The standard InChI is InChI=1S/C14H18N2OS/c17-14-11-15-12-7-3-4-8-13(12)16(14)9-5-1-2-6-10-18/h3-4,7-8,11,18H,1-2,5-6,9-10H2. The minimum absolute atomic E-state index is 0.0112. The first-order valence-electron chi connectivity index (χ1n) is 6.38. The van der Waals surface area contributed by atoms with Crippen molar-refractivity contribution in [2.24, 2.45) is 0 Å². The van der Waals surface area contributed by atoms with Crippen LogP contribution in [0.15, 0.2) is 35.3 Å². The van der Waals surface area contributed by atoms with Crippen LogP contribution in [0.25, 0.3) is 11.0 Å². The molecule has 0 fully saturated rings. The molecule has 2 aromatic rings. The lowest BCUT2D eigenvalue weighted by atomic mass is 10.2. The highest BCUT2D eigenvalue weighted by molar-refractivity contribution is 7.80. The number of thiol groups is 1. The normalized spacial score (nSPS) is 10.9. The maximum absolute atomic E-state index is 11.8. The van der Waals surface area contributed by atoms with Gasteiger partial charge < -0.3 is 4.57 Å². The summed E-state index contributed by atoms with van der Waals surface area (Å²) in [6, 6.07) is 7.78. The van der Waals surface area contributed by atoms with Crippen molar-refractivity contribution in [3.05, 3.63) is 40.8 Å². The Labute approximate surface area is 112 Å². The molecule has 4 heteroatoms. The van der Waals surface area contributed by atoms with Crippen LogP contribution in [-0.2, 0) is 6.54 Å². The molecule has 0 saturated carbocycles. The fourth-order valence-corrected chi connectivity index (χ4v) is 2.30. The summed E-state index contributed by atoms with van der Waals surface area (Å²) < 4.78 is 1.82. The second-order valence-electron chi connectivity index (χ2n) is 4.37. The number of fused-ring (bicyclic) bond motifs is 1. The number of unbranched alkanes of at least 4 members (excludes halogenated alkanes) is 3. The van der Waals surface area contributed by atoms with Crippen LogP contribution in [0.2, 0.25) is 0 Å². The van der Waals surface area contributed by atoms with E-state index in [1.165, 1.54) is 12.6 Å². The molecule has 1 heterocycles. The predicted molar refractivity (Wildman–Crippen MR) is 78.3 cm³/mol. The Morgan fingerprint density at radius 3 is 2.72 bits per heavy atom. The van der Waals surface area contributed by atoms with Crippen LogP contribution in [0.4, 0.5) is 0 Å². The van der Waals surface area contributed by atoms with Crippen molar-refractivity contribution in [2.45, 2.75) is 32.2 Å². The third kappa shape index (κ3) is 3.13. The van der Waals surface area contributed by atoms with Crippen molar-refractivity contribution >= 4 is 23.7 Å². The largest absolute Gasteiger partial charge is 0.305 e. The third-order valence-corrected chi connectivity index (χ3v) is 3.36. The number of hydrogen-bond acceptors (Lipinski definition) is 3. The second-order valence-corrected chi connectivity index (χ2v) is 4.82. The highest BCUT2D eigenvalue weighted by Crippen LogP contribution is 2.10. The number of para-hydroxylation sites is 2. The van der Waals surface area contributed by atoms with Gasteiger partial charge in [0.25, 0.3) is 5.56 Å². The molecule has 0 N–H and O–H groups in total. The molecular formula is C14H18N2OS. The molecule has 0 atom stereocenters. The predicted octanol–water partition coefficient (Wildman–Crippen LogP) is 2.89. The van der Waals surface area contributed by atoms with E-state index < -0.39 is 0 Å². The van der Waals surface area contributed by atoms with E-state index in [-0.39, 0.29) is 5.56 Å². The van der Waals surface area contributed by atoms with Crippen LogP contribution in [0.3, 0.4) is 0 Å². The Bertz CT molecular complexity index is 565. The van der Waals surface area contributed by atoms with Gasteiger partial charge in [0.1, 0.15) is 0 Å². The summed E-state index contributed by atoms with van der Waals surface area (Å²) in [4.78, 5) is 16.0. The average Bonchev–Trinajstić information content (AvgIpc) is 2.41. The summed E-state index contributed by atoms with van der Waals surface area (Å²) in [6.07, 6.45) is 5.91. The van der Waals surface area contributed by atoms with Crippen LogP contribution in [0, 0.1) is 0 Å². The minimum Gasteiger partial charge on any atom is -0.305 e. The molecule has 0 saturated heterocycles. The van der Waals surface area contributed by atoms with Gasteiger partial charge >= 0.3 is 0 Å². The highest BCUT2D eigenvalue weighted by atomic mass is 32.1. The van der Waals surface area contributed by atoms with Crippen LogP contribution in [-0.4, -0.2) is 15.3 Å². The van der Waals surface area contributed by atoms with Crippen molar-refractivity contribution in [3.8, 4) is 0 Å². The first kappa shape index (κ1) is 13.1. The maximum atomic E-state index is 11.8. The molecule has 2 rings (SSSR count). The molecule has 18 heavy (non-hydrogen) atoms. The van der Waals surface area contributed by atoms with Gasteiger partial charge in [-0.05, 0) is 30.7 Å². The Hall–Kier alpha value is -1.29. The fourth-order valence-electron chi connectivity index (χ4n) is 2.08. The summed E-state index contributed by atoms with van der Waals surface area (Å²) >= 11 is 4.19. The SMILES string of the molecule is O=c1cnc2ccccc2n1CCCCCCS. The Morgan fingerprint density at radius 1 is 1.11 bits per heavy atom. The fraction of sp³-hybridized carbons (Fsp3) is 0.429. The lowest BCUT2D eigenvalue weighted by Gasteiger charge is -2.08. The van der Waals surface area contributed by atoms with Gasteiger partial charge in [0.05, 0.1) is 17.2 Å². The molecule has 0 spiro atoms. The van der Waals surface area contributed by atoms with E-state index >= 15 is 0 Å². The topological polar surface area (TPSA) is 34.9 Å². The van der Waals surface area contributed by atoms with Gasteiger partial charge in [-0.2, -0.15) is 12.6 Å². The van der Waals surface area contributed by atoms with Crippen LogP contribution >= 0.6 is 12.6 Å². The summed E-state index contributed by atoms with van der Waals surface area (Å²) in [6.45, 7) is 0.772. The molecule has 0 aliphatic rings. The van der Waals surface area contributed by atoms with Crippen LogP contribution < -0.4 is 5.56 Å². The minimum atomic E-state index is -0.0112. The van der Waals surface area contributed by atoms with Crippen LogP contribution in [0.1, 0.15) is 25.7 Å². The molecule has 96 valence electrons. The quantitative estimate of drug-likeness (QED) is 0.641. The van der Waals surface area contributed by atoms with Gasteiger partial charge in [0, 0.05) is 6.54 Å². The molecule has 1 aromatic carbocycles. The van der Waals surface area contributed by atoms with E-state index in [0.29, 0.717) is 0 Å². The molecule has 0 aliphatic heterocycles. The molecule has 3 nitrogen and oxygen atoms in total. The first-order valence-corrected chi connectivity index (χ1v) is 7.01. The number of aromatic nitrogens is 2. The molecule has 1 aromatic heterocycles. The monoisotopic (exact) mass is 262 g/mol. The third-order valence-electron chi connectivity index (χ3n) is 3.04. The van der Waals surface area contributed by atoms with Crippen molar-refractivity contribution in [1.29, 1.82) is 0 Å². The van der Waals surface area contributed by atoms with Gasteiger partial charge in [-0.1, -0.05) is 25.0 Å². The molecule has 0 unspecified atom stereocenters. The van der Waals surface area contributed by atoms with E-state index in [2.05, 4.69) is 17.6 Å². The van der Waals surface area contributed by atoms with Crippen molar-refractivity contribution in [1.82, 2.24) is 9.55 Å². The Balaban J connectivity index is 2.12. The number of aryl methyl sites for hydroxylation is 1. The van der Waals surface area contributed by atoms with Crippen molar-refractivity contribution < 1.29 is 0 Å². The number of rotatable bonds is 6. The number of benzene rings is 1. The van der Waals surface area contributed by atoms with Gasteiger partial charge in [0.15, 0.2) is 0 Å². The van der Waals surface area contributed by atoms with Crippen LogP contribution in [0.5, 0.6) is 0 Å². The molecule has 0 radical (unpaired) electrons.